The Morgan fingerprint density at radius 1 is 1.37 bits per heavy atom. The third-order valence-corrected chi connectivity index (χ3v) is 4.28. The molecule has 5 nitrogen and oxygen atoms in total. The molecule has 1 heterocycles. The Bertz CT molecular complexity index is 613. The van der Waals surface area contributed by atoms with Gasteiger partial charge in [-0.1, -0.05) is 18.2 Å². The highest BCUT2D eigenvalue weighted by Gasteiger charge is 2.34. The van der Waals surface area contributed by atoms with Crippen LogP contribution in [0.15, 0.2) is 29.3 Å². The van der Waals surface area contributed by atoms with Gasteiger partial charge < -0.3 is 15.0 Å². The van der Waals surface area contributed by atoms with Gasteiger partial charge in [-0.3, -0.25) is 9.89 Å². The van der Waals surface area contributed by atoms with Crippen molar-refractivity contribution in [1.29, 1.82) is 0 Å². The SMILES string of the molecule is CCN=C(NC1CCN(CC(F)(F)F)C1)N(C)Cc1ccccc1OC.I. The molecule has 0 spiro atoms. The normalized spacial score (nSPS) is 18.1. The van der Waals surface area contributed by atoms with Crippen LogP contribution in [0.2, 0.25) is 0 Å². The predicted octanol–water partition coefficient (Wildman–Crippen LogP) is 3.35. The van der Waals surface area contributed by atoms with Gasteiger partial charge in [-0.05, 0) is 19.4 Å². The number of halogens is 4. The minimum Gasteiger partial charge on any atom is -0.496 e. The molecule has 0 radical (unpaired) electrons. The van der Waals surface area contributed by atoms with E-state index in [0.717, 1.165) is 11.3 Å². The molecule has 1 aliphatic heterocycles. The van der Waals surface area contributed by atoms with Crippen molar-refractivity contribution in [3.63, 3.8) is 0 Å². The Labute approximate surface area is 176 Å². The number of likely N-dealkylation sites (tertiary alicyclic amines) is 1. The lowest BCUT2D eigenvalue weighted by Crippen LogP contribution is -2.45. The summed E-state index contributed by atoms with van der Waals surface area (Å²) in [5, 5.41) is 3.32. The molecule has 1 aromatic rings. The van der Waals surface area contributed by atoms with Crippen molar-refractivity contribution in [3.05, 3.63) is 29.8 Å². The fourth-order valence-corrected chi connectivity index (χ4v) is 3.12. The third-order valence-electron chi connectivity index (χ3n) is 4.28. The van der Waals surface area contributed by atoms with Gasteiger partial charge in [-0.2, -0.15) is 13.2 Å². The second-order valence-electron chi connectivity index (χ2n) is 6.45. The monoisotopic (exact) mass is 500 g/mol. The number of hydrogen-bond acceptors (Lipinski definition) is 3. The molecule has 1 atom stereocenters. The zero-order valence-corrected chi connectivity index (χ0v) is 18.3. The van der Waals surface area contributed by atoms with Crippen molar-refractivity contribution in [2.75, 3.05) is 40.3 Å². The van der Waals surface area contributed by atoms with Crippen LogP contribution in [0.3, 0.4) is 0 Å². The maximum atomic E-state index is 12.6. The summed E-state index contributed by atoms with van der Waals surface area (Å²) in [7, 11) is 3.54. The molecule has 1 fully saturated rings. The Hall–Kier alpha value is -1.23. The molecule has 1 unspecified atom stereocenters. The summed E-state index contributed by atoms with van der Waals surface area (Å²) in [5.74, 6) is 1.49. The fraction of sp³-hybridized carbons (Fsp3) is 0.611. The maximum Gasteiger partial charge on any atom is 0.401 e. The average Bonchev–Trinajstić information content (AvgIpc) is 3.00. The largest absolute Gasteiger partial charge is 0.496 e. The molecule has 0 saturated carbocycles. The number of hydrogen-bond donors (Lipinski definition) is 1. The van der Waals surface area contributed by atoms with Gasteiger partial charge >= 0.3 is 6.18 Å². The van der Waals surface area contributed by atoms with Gasteiger partial charge in [-0.25, -0.2) is 0 Å². The molecular formula is C18H28F3IN4O. The molecule has 1 aromatic carbocycles. The zero-order chi connectivity index (χ0) is 19.2. The van der Waals surface area contributed by atoms with Crippen molar-refractivity contribution in [2.24, 2.45) is 4.99 Å². The summed E-state index contributed by atoms with van der Waals surface area (Å²) in [4.78, 5) is 7.89. The van der Waals surface area contributed by atoms with E-state index in [1.165, 1.54) is 4.90 Å². The lowest BCUT2D eigenvalue weighted by Gasteiger charge is -2.26. The highest BCUT2D eigenvalue weighted by molar-refractivity contribution is 14.0. The molecule has 27 heavy (non-hydrogen) atoms. The van der Waals surface area contributed by atoms with Gasteiger partial charge in [-0.15, -0.1) is 24.0 Å². The van der Waals surface area contributed by atoms with E-state index in [-0.39, 0.29) is 30.0 Å². The van der Waals surface area contributed by atoms with E-state index in [2.05, 4.69) is 10.3 Å². The van der Waals surface area contributed by atoms with Gasteiger partial charge in [0.15, 0.2) is 5.96 Å². The van der Waals surface area contributed by atoms with Crippen LogP contribution in [0.5, 0.6) is 5.75 Å². The van der Waals surface area contributed by atoms with Gasteiger partial charge in [0.1, 0.15) is 5.75 Å². The number of benzene rings is 1. The van der Waals surface area contributed by atoms with Crippen molar-refractivity contribution in [3.8, 4) is 5.75 Å². The highest BCUT2D eigenvalue weighted by Crippen LogP contribution is 2.21. The number of nitrogens with one attached hydrogen (secondary N) is 1. The quantitative estimate of drug-likeness (QED) is 0.370. The van der Waals surface area contributed by atoms with E-state index in [1.54, 1.807) is 7.11 Å². The summed E-state index contributed by atoms with van der Waals surface area (Å²) in [6.07, 6.45) is -3.49. The number of nitrogens with zero attached hydrogens (tertiary/aromatic N) is 3. The van der Waals surface area contributed by atoms with Crippen LogP contribution in [0.1, 0.15) is 18.9 Å². The molecule has 1 aliphatic rings. The van der Waals surface area contributed by atoms with Crippen molar-refractivity contribution in [2.45, 2.75) is 32.1 Å². The number of guanidine groups is 1. The van der Waals surface area contributed by atoms with Gasteiger partial charge in [0, 0.05) is 44.8 Å². The molecular weight excluding hydrogens is 472 g/mol. The van der Waals surface area contributed by atoms with Gasteiger partial charge in [0.25, 0.3) is 0 Å². The first-order chi connectivity index (χ1) is 12.3. The Balaban J connectivity index is 0.00000364. The molecule has 9 heteroatoms. The van der Waals surface area contributed by atoms with Crippen molar-refractivity contribution in [1.82, 2.24) is 15.1 Å². The standard InChI is InChI=1S/C18H27F3N4O.HI/c1-4-22-17(23-15-9-10-25(12-15)13-18(19,20)21)24(2)11-14-7-5-6-8-16(14)26-3;/h5-8,15H,4,9-13H2,1-3H3,(H,22,23);1H. The minimum absolute atomic E-state index is 0. The molecule has 0 aromatic heterocycles. The lowest BCUT2D eigenvalue weighted by atomic mass is 10.2. The highest BCUT2D eigenvalue weighted by atomic mass is 127. The number of para-hydroxylation sites is 1. The molecule has 1 N–H and O–H groups in total. The van der Waals surface area contributed by atoms with Crippen LogP contribution in [0, 0.1) is 0 Å². The van der Waals surface area contributed by atoms with Crippen LogP contribution in [-0.4, -0.2) is 68.3 Å². The maximum absolute atomic E-state index is 12.6. The number of methoxy groups -OCH3 is 1. The smallest absolute Gasteiger partial charge is 0.401 e. The minimum atomic E-state index is -4.16. The molecule has 2 rings (SSSR count). The Morgan fingerprint density at radius 3 is 2.70 bits per heavy atom. The van der Waals surface area contributed by atoms with Crippen LogP contribution < -0.4 is 10.1 Å². The first kappa shape index (κ1) is 23.8. The number of aliphatic imine (C=N–C) groups is 1. The molecule has 0 aliphatic carbocycles. The fourth-order valence-electron chi connectivity index (χ4n) is 3.12. The topological polar surface area (TPSA) is 40.1 Å². The summed E-state index contributed by atoms with van der Waals surface area (Å²) < 4.78 is 43.0. The van der Waals surface area contributed by atoms with E-state index in [1.807, 2.05) is 43.1 Å². The molecule has 1 saturated heterocycles. The molecule has 0 amide bonds. The van der Waals surface area contributed by atoms with Crippen LogP contribution in [0.25, 0.3) is 0 Å². The lowest BCUT2D eigenvalue weighted by molar-refractivity contribution is -0.143. The summed E-state index contributed by atoms with van der Waals surface area (Å²) in [5.41, 5.74) is 1.02. The zero-order valence-electron chi connectivity index (χ0n) is 15.9. The van der Waals surface area contributed by atoms with Crippen LogP contribution in [-0.2, 0) is 6.54 Å². The second kappa shape index (κ2) is 10.9. The first-order valence-corrected chi connectivity index (χ1v) is 8.75. The second-order valence-corrected chi connectivity index (χ2v) is 6.45. The average molecular weight is 500 g/mol. The first-order valence-electron chi connectivity index (χ1n) is 8.75. The number of alkyl halides is 3. The molecule has 0 bridgehead atoms. The Kier molecular flexibility index (Phi) is 9.65. The van der Waals surface area contributed by atoms with Crippen molar-refractivity contribution >= 4 is 29.9 Å². The summed E-state index contributed by atoms with van der Waals surface area (Å²) in [6.45, 7) is 3.07. The van der Waals surface area contributed by atoms with E-state index in [4.69, 9.17) is 4.74 Å². The summed E-state index contributed by atoms with van der Waals surface area (Å²) in [6, 6.07) is 7.71. The van der Waals surface area contributed by atoms with E-state index < -0.39 is 12.7 Å². The van der Waals surface area contributed by atoms with E-state index in [9.17, 15) is 13.2 Å². The van der Waals surface area contributed by atoms with Crippen molar-refractivity contribution < 1.29 is 17.9 Å². The molecule has 154 valence electrons. The van der Waals surface area contributed by atoms with Gasteiger partial charge in [0.05, 0.1) is 13.7 Å². The Morgan fingerprint density at radius 2 is 2.07 bits per heavy atom. The van der Waals surface area contributed by atoms with E-state index in [0.29, 0.717) is 38.6 Å². The number of rotatable bonds is 6. The van der Waals surface area contributed by atoms with E-state index >= 15 is 0 Å². The van der Waals surface area contributed by atoms with Crippen LogP contribution >= 0.6 is 24.0 Å². The third kappa shape index (κ3) is 7.73. The van der Waals surface area contributed by atoms with Crippen LogP contribution in [0.4, 0.5) is 13.2 Å². The van der Waals surface area contributed by atoms with Gasteiger partial charge in [0.2, 0.25) is 0 Å². The number of ether oxygens (including phenoxy) is 1. The predicted molar refractivity (Wildman–Crippen MR) is 112 cm³/mol. The summed E-state index contributed by atoms with van der Waals surface area (Å²) >= 11 is 0.